The molecule has 1 fully saturated rings. The smallest absolute Gasteiger partial charge is 0.229 e. The molecule has 0 aromatic carbocycles. The molecule has 0 bridgehead atoms. The molecule has 1 aromatic heterocycles. The van der Waals surface area contributed by atoms with E-state index < -0.39 is 0 Å². The van der Waals surface area contributed by atoms with Gasteiger partial charge in [-0.1, -0.05) is 18.8 Å². The Kier molecular flexibility index (Phi) is 4.35. The van der Waals surface area contributed by atoms with Gasteiger partial charge in [0.05, 0.1) is 18.0 Å². The van der Waals surface area contributed by atoms with Crippen LogP contribution >= 0.6 is 11.3 Å². The summed E-state index contributed by atoms with van der Waals surface area (Å²) in [7, 11) is 0. The first kappa shape index (κ1) is 13.8. The summed E-state index contributed by atoms with van der Waals surface area (Å²) in [5, 5.41) is 0. The molecule has 4 nitrogen and oxygen atoms in total. The molecule has 1 aliphatic rings. The maximum Gasteiger partial charge on any atom is 0.229 e. The first-order chi connectivity index (χ1) is 9.10. The topological polar surface area (TPSA) is 63.4 Å². The molecule has 0 saturated carbocycles. The highest BCUT2D eigenvalue weighted by Gasteiger charge is 2.30. The summed E-state index contributed by atoms with van der Waals surface area (Å²) in [6.07, 6.45) is 0.911. The molecule has 1 aromatic rings. The highest BCUT2D eigenvalue weighted by Crippen LogP contribution is 2.23. The maximum atomic E-state index is 11.9. The Bertz CT molecular complexity index is 535. The van der Waals surface area contributed by atoms with E-state index in [1.807, 2.05) is 19.1 Å². The Balaban J connectivity index is 2.06. The van der Waals surface area contributed by atoms with Gasteiger partial charge < -0.3 is 5.73 Å². The molecule has 2 N–H and O–H groups in total. The fourth-order valence-corrected chi connectivity index (χ4v) is 2.90. The standard InChI is InChI=1S/C14H16N2O2S/c1-10-7-13(17)16(14(18)8-10)9-12-5-4-11(19-12)3-2-6-15/h4-5,10H,6-9,15H2,1H3. The second kappa shape index (κ2) is 6.00. The predicted octanol–water partition coefficient (Wildman–Crippen LogP) is 1.34. The summed E-state index contributed by atoms with van der Waals surface area (Å²) in [5.74, 6) is 5.74. The number of hydrogen-bond acceptors (Lipinski definition) is 4. The zero-order chi connectivity index (χ0) is 13.8. The van der Waals surface area contributed by atoms with Crippen LogP contribution in [0.2, 0.25) is 0 Å². The van der Waals surface area contributed by atoms with Gasteiger partial charge in [-0.3, -0.25) is 14.5 Å². The number of amides is 2. The Hall–Kier alpha value is -1.64. The van der Waals surface area contributed by atoms with E-state index in [2.05, 4.69) is 11.8 Å². The number of carbonyl (C=O) groups is 2. The fraction of sp³-hybridized carbons (Fsp3) is 0.429. The van der Waals surface area contributed by atoms with Crippen molar-refractivity contribution in [2.75, 3.05) is 6.54 Å². The number of piperidine rings is 1. The van der Waals surface area contributed by atoms with E-state index in [-0.39, 0.29) is 17.7 Å². The molecule has 100 valence electrons. The van der Waals surface area contributed by atoms with Crippen molar-refractivity contribution < 1.29 is 9.59 Å². The van der Waals surface area contributed by atoms with Gasteiger partial charge in [0.2, 0.25) is 11.8 Å². The Morgan fingerprint density at radius 2 is 2.05 bits per heavy atom. The summed E-state index contributed by atoms with van der Waals surface area (Å²) in [5.41, 5.74) is 5.32. The molecule has 1 aliphatic heterocycles. The van der Waals surface area contributed by atoms with E-state index >= 15 is 0 Å². The summed E-state index contributed by atoms with van der Waals surface area (Å²) >= 11 is 1.50. The van der Waals surface area contributed by atoms with Crippen molar-refractivity contribution >= 4 is 23.2 Å². The van der Waals surface area contributed by atoms with Gasteiger partial charge in [-0.15, -0.1) is 11.3 Å². The van der Waals surface area contributed by atoms with Crippen molar-refractivity contribution in [3.05, 3.63) is 21.9 Å². The summed E-state index contributed by atoms with van der Waals surface area (Å²) < 4.78 is 0. The van der Waals surface area contributed by atoms with Gasteiger partial charge >= 0.3 is 0 Å². The van der Waals surface area contributed by atoms with E-state index in [9.17, 15) is 9.59 Å². The average molecular weight is 276 g/mol. The van der Waals surface area contributed by atoms with Gasteiger partial charge in [0, 0.05) is 17.7 Å². The van der Waals surface area contributed by atoms with Crippen molar-refractivity contribution in [2.24, 2.45) is 11.7 Å². The van der Waals surface area contributed by atoms with Crippen LogP contribution < -0.4 is 5.73 Å². The molecule has 0 unspecified atom stereocenters. The maximum absolute atomic E-state index is 11.9. The van der Waals surface area contributed by atoms with Crippen molar-refractivity contribution in [3.63, 3.8) is 0 Å². The Labute approximate surface area is 116 Å². The molecule has 5 heteroatoms. The molecule has 0 atom stereocenters. The zero-order valence-electron chi connectivity index (χ0n) is 10.8. The Morgan fingerprint density at radius 3 is 2.68 bits per heavy atom. The van der Waals surface area contributed by atoms with Crippen molar-refractivity contribution in [3.8, 4) is 11.8 Å². The molecule has 2 heterocycles. The van der Waals surface area contributed by atoms with Gasteiger partial charge in [-0.25, -0.2) is 0 Å². The van der Waals surface area contributed by atoms with Crippen LogP contribution in [0.15, 0.2) is 12.1 Å². The summed E-state index contributed by atoms with van der Waals surface area (Å²) in [4.78, 5) is 27.0. The average Bonchev–Trinajstić information content (AvgIpc) is 2.79. The number of imide groups is 1. The number of likely N-dealkylation sites (tertiary alicyclic amines) is 1. The third kappa shape index (κ3) is 3.43. The number of hydrogen-bond donors (Lipinski definition) is 1. The SMILES string of the molecule is CC1CC(=O)N(Cc2ccc(C#CCN)s2)C(=O)C1. The van der Waals surface area contributed by atoms with Gasteiger partial charge in [0.15, 0.2) is 0 Å². The molecule has 0 radical (unpaired) electrons. The first-order valence-electron chi connectivity index (χ1n) is 6.21. The monoisotopic (exact) mass is 276 g/mol. The minimum absolute atomic E-state index is 0.0771. The van der Waals surface area contributed by atoms with Crippen molar-refractivity contribution in [1.82, 2.24) is 4.90 Å². The summed E-state index contributed by atoms with van der Waals surface area (Å²) in [6, 6.07) is 3.80. The highest BCUT2D eigenvalue weighted by molar-refractivity contribution is 7.12. The fourth-order valence-electron chi connectivity index (χ4n) is 2.03. The molecular weight excluding hydrogens is 260 g/mol. The molecule has 2 amide bonds. The number of nitrogens with two attached hydrogens (primary N) is 1. The minimum Gasteiger partial charge on any atom is -0.320 e. The van der Waals surface area contributed by atoms with E-state index in [1.165, 1.54) is 16.2 Å². The number of thiophene rings is 1. The van der Waals surface area contributed by atoms with Crippen molar-refractivity contribution in [1.29, 1.82) is 0 Å². The molecule has 2 rings (SSSR count). The largest absolute Gasteiger partial charge is 0.320 e. The van der Waals surface area contributed by atoms with Crippen LogP contribution in [0.1, 0.15) is 29.5 Å². The van der Waals surface area contributed by atoms with Crippen molar-refractivity contribution in [2.45, 2.75) is 26.3 Å². The molecule has 1 saturated heterocycles. The second-order valence-electron chi connectivity index (χ2n) is 4.66. The Morgan fingerprint density at radius 1 is 1.37 bits per heavy atom. The van der Waals surface area contributed by atoms with Crippen LogP contribution in [-0.2, 0) is 16.1 Å². The van der Waals surface area contributed by atoms with Crippen LogP contribution in [0.3, 0.4) is 0 Å². The van der Waals surface area contributed by atoms with Gasteiger partial charge in [-0.05, 0) is 18.1 Å². The van der Waals surface area contributed by atoms with Gasteiger partial charge in [0.1, 0.15) is 0 Å². The van der Waals surface area contributed by atoms with E-state index in [0.29, 0.717) is 25.9 Å². The minimum atomic E-state index is -0.0771. The molecule has 19 heavy (non-hydrogen) atoms. The number of nitrogens with zero attached hydrogens (tertiary/aromatic N) is 1. The third-order valence-electron chi connectivity index (χ3n) is 2.94. The predicted molar refractivity (Wildman–Crippen MR) is 74.2 cm³/mol. The van der Waals surface area contributed by atoms with Gasteiger partial charge in [-0.2, -0.15) is 0 Å². The van der Waals surface area contributed by atoms with Crippen LogP contribution in [0.4, 0.5) is 0 Å². The normalized spacial score (nSPS) is 16.4. The second-order valence-corrected chi connectivity index (χ2v) is 5.83. The first-order valence-corrected chi connectivity index (χ1v) is 7.02. The van der Waals surface area contributed by atoms with E-state index in [1.54, 1.807) is 0 Å². The van der Waals surface area contributed by atoms with Crippen LogP contribution in [0, 0.1) is 17.8 Å². The lowest BCUT2D eigenvalue weighted by atomic mass is 9.98. The van der Waals surface area contributed by atoms with Crippen LogP contribution in [-0.4, -0.2) is 23.3 Å². The lowest BCUT2D eigenvalue weighted by Crippen LogP contribution is -2.41. The molecular formula is C14H16N2O2S. The van der Waals surface area contributed by atoms with E-state index in [0.717, 1.165) is 9.75 Å². The van der Waals surface area contributed by atoms with E-state index in [4.69, 9.17) is 5.73 Å². The molecule has 0 spiro atoms. The van der Waals surface area contributed by atoms with Crippen LogP contribution in [0.5, 0.6) is 0 Å². The lowest BCUT2D eigenvalue weighted by Gasteiger charge is -2.27. The number of carbonyl (C=O) groups excluding carboxylic acids is 2. The summed E-state index contributed by atoms with van der Waals surface area (Å²) in [6.45, 7) is 2.62. The zero-order valence-corrected chi connectivity index (χ0v) is 11.6. The van der Waals surface area contributed by atoms with Crippen LogP contribution in [0.25, 0.3) is 0 Å². The lowest BCUT2D eigenvalue weighted by molar-refractivity contribution is -0.150. The van der Waals surface area contributed by atoms with Gasteiger partial charge in [0.25, 0.3) is 0 Å². The third-order valence-corrected chi connectivity index (χ3v) is 3.92. The quantitative estimate of drug-likeness (QED) is 0.655. The number of rotatable bonds is 2. The highest BCUT2D eigenvalue weighted by atomic mass is 32.1. The molecule has 0 aliphatic carbocycles.